The SMILES string of the molecule is CC(N)(C(=O)N(CCO)CC(F)F)C1CC1. The Hall–Kier alpha value is -0.750. The first-order chi connectivity index (χ1) is 7.39. The summed E-state index contributed by atoms with van der Waals surface area (Å²) in [5.41, 5.74) is 4.78. The predicted molar refractivity (Wildman–Crippen MR) is 55.0 cm³/mol. The normalized spacial score (nSPS) is 19.6. The molecule has 0 aromatic rings. The Kier molecular flexibility index (Phi) is 4.21. The fourth-order valence-electron chi connectivity index (χ4n) is 1.76. The van der Waals surface area contributed by atoms with E-state index in [1.54, 1.807) is 6.92 Å². The molecule has 0 saturated heterocycles. The molecule has 1 aliphatic rings. The summed E-state index contributed by atoms with van der Waals surface area (Å²) in [6, 6.07) is 0. The van der Waals surface area contributed by atoms with Crippen LogP contribution in [-0.2, 0) is 4.79 Å². The van der Waals surface area contributed by atoms with Gasteiger partial charge in [0, 0.05) is 6.54 Å². The summed E-state index contributed by atoms with van der Waals surface area (Å²) in [6.07, 6.45) is -0.883. The molecule has 16 heavy (non-hydrogen) atoms. The Balaban J connectivity index is 2.65. The van der Waals surface area contributed by atoms with Gasteiger partial charge in [0.05, 0.1) is 18.7 Å². The summed E-state index contributed by atoms with van der Waals surface area (Å²) >= 11 is 0. The third-order valence-corrected chi connectivity index (χ3v) is 2.90. The quantitative estimate of drug-likeness (QED) is 0.692. The van der Waals surface area contributed by atoms with Crippen LogP contribution in [0.15, 0.2) is 0 Å². The second-order valence-corrected chi connectivity index (χ2v) is 4.42. The molecular weight excluding hydrogens is 218 g/mol. The molecule has 0 spiro atoms. The van der Waals surface area contributed by atoms with Crippen molar-refractivity contribution >= 4 is 5.91 Å². The molecule has 1 saturated carbocycles. The highest BCUT2D eigenvalue weighted by molar-refractivity contribution is 5.86. The van der Waals surface area contributed by atoms with E-state index in [2.05, 4.69) is 0 Å². The van der Waals surface area contributed by atoms with E-state index in [0.29, 0.717) is 0 Å². The lowest BCUT2D eigenvalue weighted by molar-refractivity contribution is -0.139. The number of carbonyl (C=O) groups is 1. The van der Waals surface area contributed by atoms with Crippen molar-refractivity contribution in [3.05, 3.63) is 0 Å². The van der Waals surface area contributed by atoms with E-state index in [0.717, 1.165) is 17.7 Å². The summed E-state index contributed by atoms with van der Waals surface area (Å²) in [5.74, 6) is -0.414. The van der Waals surface area contributed by atoms with Crippen LogP contribution in [-0.4, -0.2) is 47.6 Å². The van der Waals surface area contributed by atoms with Gasteiger partial charge < -0.3 is 15.7 Å². The molecule has 3 N–H and O–H groups in total. The number of rotatable bonds is 6. The number of aliphatic hydroxyl groups excluding tert-OH is 1. The Labute approximate surface area is 93.4 Å². The summed E-state index contributed by atoms with van der Waals surface area (Å²) in [6.45, 7) is 0.476. The van der Waals surface area contributed by atoms with Crippen LogP contribution in [0.1, 0.15) is 19.8 Å². The third-order valence-electron chi connectivity index (χ3n) is 2.90. The van der Waals surface area contributed by atoms with Gasteiger partial charge in [0.1, 0.15) is 0 Å². The topological polar surface area (TPSA) is 66.6 Å². The molecule has 6 heteroatoms. The number of nitrogens with zero attached hydrogens (tertiary/aromatic N) is 1. The Morgan fingerprint density at radius 2 is 2.19 bits per heavy atom. The van der Waals surface area contributed by atoms with Crippen molar-refractivity contribution in [3.8, 4) is 0 Å². The van der Waals surface area contributed by atoms with Crippen molar-refractivity contribution in [2.45, 2.75) is 31.7 Å². The van der Waals surface area contributed by atoms with E-state index in [1.807, 2.05) is 0 Å². The molecule has 0 heterocycles. The fourth-order valence-corrected chi connectivity index (χ4v) is 1.76. The number of nitrogens with two attached hydrogens (primary N) is 1. The van der Waals surface area contributed by atoms with E-state index < -0.39 is 24.4 Å². The van der Waals surface area contributed by atoms with E-state index in [9.17, 15) is 13.6 Å². The molecule has 1 aliphatic carbocycles. The van der Waals surface area contributed by atoms with Crippen LogP contribution in [0, 0.1) is 5.92 Å². The first-order valence-electron chi connectivity index (χ1n) is 5.36. The molecule has 1 atom stereocenters. The molecule has 1 amide bonds. The summed E-state index contributed by atoms with van der Waals surface area (Å²) in [4.78, 5) is 12.9. The van der Waals surface area contributed by atoms with E-state index in [1.165, 1.54) is 0 Å². The largest absolute Gasteiger partial charge is 0.395 e. The van der Waals surface area contributed by atoms with Crippen molar-refractivity contribution in [3.63, 3.8) is 0 Å². The molecule has 94 valence electrons. The summed E-state index contributed by atoms with van der Waals surface area (Å²) in [7, 11) is 0. The third kappa shape index (κ3) is 3.12. The summed E-state index contributed by atoms with van der Waals surface area (Å²) < 4.78 is 24.5. The van der Waals surface area contributed by atoms with Gasteiger partial charge in [-0.05, 0) is 25.7 Å². The van der Waals surface area contributed by atoms with Crippen LogP contribution in [0.3, 0.4) is 0 Å². The Bertz CT molecular complexity index is 255. The molecule has 1 rings (SSSR count). The number of carbonyl (C=O) groups excluding carboxylic acids is 1. The van der Waals surface area contributed by atoms with Gasteiger partial charge in [-0.25, -0.2) is 8.78 Å². The maximum Gasteiger partial charge on any atom is 0.255 e. The molecule has 0 radical (unpaired) electrons. The minimum Gasteiger partial charge on any atom is -0.395 e. The van der Waals surface area contributed by atoms with Crippen molar-refractivity contribution in [1.82, 2.24) is 4.90 Å². The summed E-state index contributed by atoms with van der Waals surface area (Å²) in [5, 5.41) is 8.74. The average Bonchev–Trinajstić information content (AvgIpc) is 2.98. The number of amides is 1. The first-order valence-corrected chi connectivity index (χ1v) is 5.36. The minimum atomic E-state index is -2.61. The van der Waals surface area contributed by atoms with Gasteiger partial charge >= 0.3 is 0 Å². The maximum absolute atomic E-state index is 12.3. The lowest BCUT2D eigenvalue weighted by Gasteiger charge is -2.31. The average molecular weight is 236 g/mol. The van der Waals surface area contributed by atoms with Gasteiger partial charge in [-0.3, -0.25) is 4.79 Å². The van der Waals surface area contributed by atoms with Gasteiger partial charge in [-0.15, -0.1) is 0 Å². The zero-order chi connectivity index (χ0) is 12.3. The van der Waals surface area contributed by atoms with Crippen LogP contribution < -0.4 is 5.73 Å². The van der Waals surface area contributed by atoms with Gasteiger partial charge in [0.2, 0.25) is 5.91 Å². The van der Waals surface area contributed by atoms with Crippen LogP contribution in [0.25, 0.3) is 0 Å². The van der Waals surface area contributed by atoms with Gasteiger partial charge in [0.15, 0.2) is 0 Å². The Morgan fingerprint density at radius 1 is 1.62 bits per heavy atom. The van der Waals surface area contributed by atoms with Gasteiger partial charge in [0.25, 0.3) is 6.43 Å². The number of halogens is 2. The number of hydrogen-bond donors (Lipinski definition) is 2. The highest BCUT2D eigenvalue weighted by atomic mass is 19.3. The second-order valence-electron chi connectivity index (χ2n) is 4.42. The fraction of sp³-hybridized carbons (Fsp3) is 0.900. The minimum absolute atomic E-state index is 0.0823. The molecule has 4 nitrogen and oxygen atoms in total. The standard InChI is InChI=1S/C10H18F2N2O2/c1-10(13,7-2-3-7)9(16)14(4-5-15)6-8(11)12/h7-8,15H,2-6,13H2,1H3. The van der Waals surface area contributed by atoms with E-state index in [4.69, 9.17) is 10.8 Å². The molecule has 0 bridgehead atoms. The van der Waals surface area contributed by atoms with E-state index in [-0.39, 0.29) is 19.1 Å². The van der Waals surface area contributed by atoms with Crippen molar-refractivity contribution in [2.24, 2.45) is 11.7 Å². The van der Waals surface area contributed by atoms with Gasteiger partial charge in [-0.2, -0.15) is 0 Å². The number of hydrogen-bond acceptors (Lipinski definition) is 3. The Morgan fingerprint density at radius 3 is 2.56 bits per heavy atom. The van der Waals surface area contributed by atoms with Crippen LogP contribution in [0.4, 0.5) is 8.78 Å². The van der Waals surface area contributed by atoms with Crippen molar-refractivity contribution in [2.75, 3.05) is 19.7 Å². The molecule has 1 fully saturated rings. The molecule has 0 aromatic carbocycles. The smallest absolute Gasteiger partial charge is 0.255 e. The highest BCUT2D eigenvalue weighted by Gasteiger charge is 2.46. The lowest BCUT2D eigenvalue weighted by atomic mass is 9.95. The lowest BCUT2D eigenvalue weighted by Crippen LogP contribution is -2.56. The van der Waals surface area contributed by atoms with Gasteiger partial charge in [-0.1, -0.05) is 0 Å². The molecular formula is C10H18F2N2O2. The maximum atomic E-state index is 12.3. The zero-order valence-electron chi connectivity index (χ0n) is 9.33. The zero-order valence-corrected chi connectivity index (χ0v) is 9.33. The predicted octanol–water partition coefficient (Wildman–Crippen LogP) is 0.200. The van der Waals surface area contributed by atoms with Crippen molar-refractivity contribution in [1.29, 1.82) is 0 Å². The number of alkyl halides is 2. The second kappa shape index (κ2) is 5.05. The molecule has 0 aromatic heterocycles. The monoisotopic (exact) mass is 236 g/mol. The van der Waals surface area contributed by atoms with Crippen LogP contribution >= 0.6 is 0 Å². The van der Waals surface area contributed by atoms with E-state index >= 15 is 0 Å². The van der Waals surface area contributed by atoms with Crippen molar-refractivity contribution < 1.29 is 18.7 Å². The van der Waals surface area contributed by atoms with Crippen LogP contribution in [0.2, 0.25) is 0 Å². The molecule has 1 unspecified atom stereocenters. The molecule has 0 aliphatic heterocycles. The first kappa shape index (κ1) is 13.3. The number of aliphatic hydroxyl groups is 1. The van der Waals surface area contributed by atoms with Crippen LogP contribution in [0.5, 0.6) is 0 Å². The highest BCUT2D eigenvalue weighted by Crippen LogP contribution is 2.38.